The van der Waals surface area contributed by atoms with Crippen LogP contribution in [-0.2, 0) is 14.8 Å². The maximum absolute atomic E-state index is 13.2. The molecule has 8 nitrogen and oxygen atoms in total. The number of piperidine rings is 1. The van der Waals surface area contributed by atoms with Crippen molar-refractivity contribution in [1.29, 1.82) is 0 Å². The fraction of sp³-hybridized carbons (Fsp3) is 0.476. The Kier molecular flexibility index (Phi) is 6.12. The number of sulfonamides is 1. The minimum atomic E-state index is -3.61. The summed E-state index contributed by atoms with van der Waals surface area (Å²) in [6.45, 7) is 5.35. The van der Waals surface area contributed by atoms with Gasteiger partial charge in [0.15, 0.2) is 5.76 Å². The monoisotopic (exact) mass is 433 g/mol. The van der Waals surface area contributed by atoms with Crippen molar-refractivity contribution in [1.82, 2.24) is 4.31 Å². The number of amides is 1. The standard InChI is InChI=1S/C21H27N3O5S/c1-16-7-12-29-20(16)21(25)22-18-15-17(30(26,27)24-8-3-2-4-9-24)5-6-19(18)23-10-13-28-14-11-23/h5-7,12,15H,2-4,8-11,13-14H2,1H3,(H,22,25). The SMILES string of the molecule is Cc1ccoc1C(=O)Nc1cc(S(=O)(=O)N2CCCCC2)ccc1N1CCOCC1. The second kappa shape index (κ2) is 8.79. The molecule has 30 heavy (non-hydrogen) atoms. The highest BCUT2D eigenvalue weighted by Gasteiger charge is 2.28. The van der Waals surface area contributed by atoms with E-state index in [1.165, 1.54) is 10.6 Å². The highest BCUT2D eigenvalue weighted by Crippen LogP contribution is 2.32. The minimum Gasteiger partial charge on any atom is -0.459 e. The third kappa shape index (κ3) is 4.23. The lowest BCUT2D eigenvalue weighted by Gasteiger charge is -2.31. The molecule has 9 heteroatoms. The van der Waals surface area contributed by atoms with E-state index >= 15 is 0 Å². The Hall–Kier alpha value is -2.36. The van der Waals surface area contributed by atoms with Gasteiger partial charge in [0.05, 0.1) is 35.7 Å². The van der Waals surface area contributed by atoms with Crippen LogP contribution in [0.4, 0.5) is 11.4 Å². The van der Waals surface area contributed by atoms with Gasteiger partial charge in [0.1, 0.15) is 0 Å². The number of rotatable bonds is 5. The lowest BCUT2D eigenvalue weighted by Crippen LogP contribution is -2.37. The zero-order valence-electron chi connectivity index (χ0n) is 17.1. The molecule has 0 atom stereocenters. The van der Waals surface area contributed by atoms with Gasteiger partial charge in [-0.3, -0.25) is 4.79 Å². The largest absolute Gasteiger partial charge is 0.459 e. The Bertz CT molecular complexity index is 1010. The van der Waals surface area contributed by atoms with Crippen LogP contribution in [-0.4, -0.2) is 58.0 Å². The molecule has 0 aliphatic carbocycles. The van der Waals surface area contributed by atoms with Gasteiger partial charge < -0.3 is 19.4 Å². The summed E-state index contributed by atoms with van der Waals surface area (Å²) in [6, 6.07) is 6.68. The molecule has 0 saturated carbocycles. The third-order valence-corrected chi connectivity index (χ3v) is 7.48. The van der Waals surface area contributed by atoms with Gasteiger partial charge in [0.2, 0.25) is 10.0 Å². The van der Waals surface area contributed by atoms with Crippen LogP contribution in [0.15, 0.2) is 39.8 Å². The number of ether oxygens (including phenoxy) is 1. The van der Waals surface area contributed by atoms with Gasteiger partial charge in [-0.25, -0.2) is 8.42 Å². The summed E-state index contributed by atoms with van der Waals surface area (Å²) in [5.74, 6) is -0.188. The summed E-state index contributed by atoms with van der Waals surface area (Å²) in [7, 11) is -3.61. The summed E-state index contributed by atoms with van der Waals surface area (Å²) in [4.78, 5) is 15.1. The molecule has 2 saturated heterocycles. The zero-order valence-corrected chi connectivity index (χ0v) is 17.9. The molecule has 0 unspecified atom stereocenters. The van der Waals surface area contributed by atoms with Crippen LogP contribution in [0.25, 0.3) is 0 Å². The summed E-state index contributed by atoms with van der Waals surface area (Å²) in [5.41, 5.74) is 1.95. The Morgan fingerprint density at radius 2 is 1.77 bits per heavy atom. The van der Waals surface area contributed by atoms with E-state index in [0.717, 1.165) is 30.5 Å². The second-order valence-electron chi connectivity index (χ2n) is 7.63. The fourth-order valence-electron chi connectivity index (χ4n) is 3.89. The van der Waals surface area contributed by atoms with Crippen molar-refractivity contribution >= 4 is 27.3 Å². The Balaban J connectivity index is 1.69. The molecule has 1 N–H and O–H groups in total. The predicted octanol–water partition coefficient (Wildman–Crippen LogP) is 2.85. The second-order valence-corrected chi connectivity index (χ2v) is 9.57. The lowest BCUT2D eigenvalue weighted by atomic mass is 10.2. The van der Waals surface area contributed by atoms with Crippen LogP contribution >= 0.6 is 0 Å². The third-order valence-electron chi connectivity index (χ3n) is 5.59. The molecule has 1 aromatic carbocycles. The molecule has 2 fully saturated rings. The molecule has 2 aliphatic heterocycles. The van der Waals surface area contributed by atoms with E-state index in [4.69, 9.17) is 9.15 Å². The molecule has 0 spiro atoms. The number of nitrogens with zero attached hydrogens (tertiary/aromatic N) is 2. The summed E-state index contributed by atoms with van der Waals surface area (Å²) in [5, 5.41) is 2.87. The van der Waals surface area contributed by atoms with Crippen molar-refractivity contribution in [2.75, 3.05) is 49.6 Å². The first-order valence-corrected chi connectivity index (χ1v) is 11.7. The molecule has 3 heterocycles. The molecule has 162 valence electrons. The number of nitrogens with one attached hydrogen (secondary N) is 1. The van der Waals surface area contributed by atoms with Crippen molar-refractivity contribution < 1.29 is 22.4 Å². The average molecular weight is 434 g/mol. The number of carbonyl (C=O) groups excluding carboxylic acids is 1. The van der Waals surface area contributed by atoms with E-state index in [1.54, 1.807) is 31.2 Å². The quantitative estimate of drug-likeness (QED) is 0.780. The molecule has 0 bridgehead atoms. The number of hydrogen-bond donors (Lipinski definition) is 1. The molecule has 1 aromatic heterocycles. The van der Waals surface area contributed by atoms with Crippen LogP contribution in [0.1, 0.15) is 35.4 Å². The lowest BCUT2D eigenvalue weighted by molar-refractivity contribution is 0.0995. The first kappa shape index (κ1) is 20.9. The highest BCUT2D eigenvalue weighted by molar-refractivity contribution is 7.89. The maximum Gasteiger partial charge on any atom is 0.291 e. The van der Waals surface area contributed by atoms with E-state index in [2.05, 4.69) is 10.2 Å². The average Bonchev–Trinajstić information content (AvgIpc) is 3.21. The number of carbonyl (C=O) groups is 1. The van der Waals surface area contributed by atoms with Crippen LogP contribution in [0.5, 0.6) is 0 Å². The van der Waals surface area contributed by atoms with Crippen LogP contribution in [0.2, 0.25) is 0 Å². The van der Waals surface area contributed by atoms with Crippen LogP contribution < -0.4 is 10.2 Å². The van der Waals surface area contributed by atoms with Gasteiger partial charge in [-0.1, -0.05) is 6.42 Å². The minimum absolute atomic E-state index is 0.188. The number of aryl methyl sites for hydroxylation is 1. The van der Waals surface area contributed by atoms with E-state index < -0.39 is 15.9 Å². The van der Waals surface area contributed by atoms with Gasteiger partial charge >= 0.3 is 0 Å². The fourth-order valence-corrected chi connectivity index (χ4v) is 5.44. The Morgan fingerprint density at radius 1 is 1.03 bits per heavy atom. The number of benzene rings is 1. The van der Waals surface area contributed by atoms with Crippen molar-refractivity contribution in [2.45, 2.75) is 31.1 Å². The topological polar surface area (TPSA) is 92.1 Å². The highest BCUT2D eigenvalue weighted by atomic mass is 32.2. The normalized spacial score (nSPS) is 18.4. The van der Waals surface area contributed by atoms with E-state index in [0.29, 0.717) is 45.1 Å². The van der Waals surface area contributed by atoms with Gasteiger partial charge in [-0.05, 0) is 44.0 Å². The van der Waals surface area contributed by atoms with E-state index in [-0.39, 0.29) is 10.7 Å². The molecule has 2 aromatic rings. The number of morpholine rings is 1. The molecule has 2 aliphatic rings. The summed E-state index contributed by atoms with van der Waals surface area (Å²) >= 11 is 0. The van der Waals surface area contributed by atoms with Gasteiger partial charge in [-0.15, -0.1) is 0 Å². The number of furan rings is 1. The maximum atomic E-state index is 13.2. The molecular formula is C21H27N3O5S. The number of hydrogen-bond acceptors (Lipinski definition) is 6. The zero-order chi connectivity index (χ0) is 21.1. The van der Waals surface area contributed by atoms with Crippen molar-refractivity contribution in [3.63, 3.8) is 0 Å². The van der Waals surface area contributed by atoms with Gasteiger partial charge in [0.25, 0.3) is 5.91 Å². The molecular weight excluding hydrogens is 406 g/mol. The van der Waals surface area contributed by atoms with Crippen molar-refractivity contribution in [3.8, 4) is 0 Å². The van der Waals surface area contributed by atoms with E-state index in [9.17, 15) is 13.2 Å². The number of anilines is 2. The molecule has 1 amide bonds. The van der Waals surface area contributed by atoms with Crippen molar-refractivity contribution in [3.05, 3.63) is 41.9 Å². The first-order valence-electron chi connectivity index (χ1n) is 10.3. The van der Waals surface area contributed by atoms with Crippen molar-refractivity contribution in [2.24, 2.45) is 0 Å². The summed E-state index contributed by atoms with van der Waals surface area (Å²) < 4.78 is 38.6. The predicted molar refractivity (Wildman–Crippen MR) is 113 cm³/mol. The Morgan fingerprint density at radius 3 is 2.43 bits per heavy atom. The van der Waals surface area contributed by atoms with Gasteiger partial charge in [0, 0.05) is 31.7 Å². The molecule has 0 radical (unpaired) electrons. The Labute approximate surface area is 176 Å². The molecule has 4 rings (SSSR count). The first-order chi connectivity index (χ1) is 14.5. The summed E-state index contributed by atoms with van der Waals surface area (Å²) in [6.07, 6.45) is 4.25. The van der Waals surface area contributed by atoms with Crippen LogP contribution in [0, 0.1) is 6.92 Å². The smallest absolute Gasteiger partial charge is 0.291 e. The van der Waals surface area contributed by atoms with Gasteiger partial charge in [-0.2, -0.15) is 4.31 Å². The van der Waals surface area contributed by atoms with Crippen LogP contribution in [0.3, 0.4) is 0 Å². The van der Waals surface area contributed by atoms with E-state index in [1.807, 2.05) is 0 Å².